The van der Waals surface area contributed by atoms with Crippen LogP contribution < -0.4 is 0 Å². The molecule has 0 aliphatic rings. The first kappa shape index (κ1) is 4.09. The average molecular weight is 71.2 g/mol. The van der Waals surface area contributed by atoms with Crippen LogP contribution in [0.15, 0.2) is 0 Å². The summed E-state index contributed by atoms with van der Waals surface area (Å²) < 4.78 is 0. The second-order valence-electron chi connectivity index (χ2n) is 0.604. The van der Waals surface area contributed by atoms with E-state index in [0.29, 0.717) is 0 Å². The van der Waals surface area contributed by atoms with Gasteiger partial charge in [0.25, 0.3) is 0 Å². The van der Waals surface area contributed by atoms with Gasteiger partial charge in [-0.15, -0.1) is 6.17 Å². The standard InChI is InChI=1S/C3H7Si/c1-3-4-2/h2-3H2,1H3. The summed E-state index contributed by atoms with van der Waals surface area (Å²) in [5, 5.41) is 0. The highest BCUT2D eigenvalue weighted by Gasteiger charge is 1.47. The molecule has 0 amide bonds. The number of rotatable bonds is 1. The van der Waals surface area contributed by atoms with E-state index in [4.69, 9.17) is 0 Å². The average Bonchev–Trinajstić information content (AvgIpc) is 1.37. The van der Waals surface area contributed by atoms with E-state index in [1.807, 2.05) is 0 Å². The molecule has 0 aromatic heterocycles. The van der Waals surface area contributed by atoms with Gasteiger partial charge in [-0.05, 0) is 6.04 Å². The fraction of sp³-hybridized carbons (Fsp3) is 0.667. The molecule has 0 saturated heterocycles. The third kappa shape index (κ3) is 2.09. The van der Waals surface area contributed by atoms with E-state index in [1.54, 1.807) is 0 Å². The minimum atomic E-state index is 0.890. The second-order valence-corrected chi connectivity index (χ2v) is 1.81. The van der Waals surface area contributed by atoms with Crippen LogP contribution in [0.25, 0.3) is 0 Å². The third-order valence-electron chi connectivity index (χ3n) is 0.250. The maximum atomic E-state index is 3.63. The summed E-state index contributed by atoms with van der Waals surface area (Å²) in [6.07, 6.45) is 3.63. The Morgan fingerprint density at radius 2 is 2.25 bits per heavy atom. The second kappa shape index (κ2) is 3.09. The molecule has 1 heteroatoms. The first-order chi connectivity index (χ1) is 1.91. The van der Waals surface area contributed by atoms with Crippen molar-refractivity contribution in [2.24, 2.45) is 0 Å². The van der Waals surface area contributed by atoms with Crippen LogP contribution in [-0.2, 0) is 0 Å². The summed E-state index contributed by atoms with van der Waals surface area (Å²) in [7, 11) is 0.890. The van der Waals surface area contributed by atoms with Gasteiger partial charge in [-0.1, -0.05) is 6.92 Å². The van der Waals surface area contributed by atoms with Crippen molar-refractivity contribution in [3.8, 4) is 0 Å². The van der Waals surface area contributed by atoms with Crippen molar-refractivity contribution in [2.45, 2.75) is 13.0 Å². The van der Waals surface area contributed by atoms with Gasteiger partial charge in [0.15, 0.2) is 0 Å². The molecular weight excluding hydrogens is 64.1 g/mol. The minimum Gasteiger partial charge on any atom is -0.118 e. The normalized spacial score (nSPS) is 6.25. The Kier molecular flexibility index (Phi) is 3.15. The largest absolute Gasteiger partial charge is 0.118 e. The molecule has 0 unspecified atom stereocenters. The summed E-state index contributed by atoms with van der Waals surface area (Å²) in [5.74, 6) is 0. The Morgan fingerprint density at radius 1 is 2.00 bits per heavy atom. The van der Waals surface area contributed by atoms with Crippen molar-refractivity contribution in [1.82, 2.24) is 0 Å². The summed E-state index contributed by atoms with van der Waals surface area (Å²) in [6.45, 7) is 2.13. The van der Waals surface area contributed by atoms with Gasteiger partial charge in [-0.3, -0.25) is 0 Å². The van der Waals surface area contributed by atoms with Gasteiger partial charge < -0.3 is 0 Å². The molecule has 0 aromatic rings. The van der Waals surface area contributed by atoms with Crippen molar-refractivity contribution < 1.29 is 0 Å². The van der Waals surface area contributed by atoms with Gasteiger partial charge in [-0.25, -0.2) is 0 Å². The molecule has 23 valence electrons. The van der Waals surface area contributed by atoms with E-state index in [-0.39, 0.29) is 0 Å². The summed E-state index contributed by atoms with van der Waals surface area (Å²) in [6, 6.07) is 1.24. The van der Waals surface area contributed by atoms with E-state index in [2.05, 4.69) is 13.1 Å². The van der Waals surface area contributed by atoms with Gasteiger partial charge in [-0.2, -0.15) is 0 Å². The molecule has 0 aliphatic heterocycles. The molecule has 0 bridgehead atoms. The monoisotopic (exact) mass is 71.0 g/mol. The Hall–Kier alpha value is 0.0869. The van der Waals surface area contributed by atoms with Crippen LogP contribution in [0.1, 0.15) is 6.92 Å². The lowest BCUT2D eigenvalue weighted by atomic mass is 11.0. The SMILES string of the molecule is C=[Si]CC. The van der Waals surface area contributed by atoms with Gasteiger partial charge in [0.05, 0.1) is 0 Å². The topological polar surface area (TPSA) is 0 Å². The molecule has 1 radical (unpaired) electrons. The van der Waals surface area contributed by atoms with E-state index < -0.39 is 0 Å². The summed E-state index contributed by atoms with van der Waals surface area (Å²) in [4.78, 5) is 0. The zero-order valence-corrected chi connectivity index (χ0v) is 3.91. The minimum absolute atomic E-state index is 0.890. The van der Waals surface area contributed by atoms with Crippen LogP contribution in [0.4, 0.5) is 0 Å². The molecule has 0 N–H and O–H groups in total. The zero-order valence-electron chi connectivity index (χ0n) is 2.91. The first-order valence-electron chi connectivity index (χ1n) is 1.41. The van der Waals surface area contributed by atoms with Crippen LogP contribution in [0.5, 0.6) is 0 Å². The molecule has 0 spiro atoms. The van der Waals surface area contributed by atoms with Gasteiger partial charge in [0.1, 0.15) is 0 Å². The predicted molar refractivity (Wildman–Crippen MR) is 23.4 cm³/mol. The maximum absolute atomic E-state index is 3.63. The Morgan fingerprint density at radius 3 is 2.25 bits per heavy atom. The molecule has 0 fully saturated rings. The van der Waals surface area contributed by atoms with Crippen LogP contribution in [0, 0.1) is 0 Å². The van der Waals surface area contributed by atoms with Crippen molar-refractivity contribution in [3.63, 3.8) is 0 Å². The lowest BCUT2D eigenvalue weighted by Crippen LogP contribution is -1.58. The summed E-state index contributed by atoms with van der Waals surface area (Å²) >= 11 is 0. The Bertz CT molecular complexity index is 17.2. The molecule has 0 atom stereocenters. The molecule has 0 aromatic carbocycles. The zero-order chi connectivity index (χ0) is 3.41. The molecule has 0 rings (SSSR count). The molecular formula is C3H7Si. The van der Waals surface area contributed by atoms with E-state index in [1.165, 1.54) is 6.04 Å². The molecule has 0 heterocycles. The lowest BCUT2D eigenvalue weighted by Gasteiger charge is -1.55. The van der Waals surface area contributed by atoms with Gasteiger partial charge >= 0.3 is 0 Å². The molecule has 0 aliphatic carbocycles. The van der Waals surface area contributed by atoms with E-state index in [0.717, 1.165) is 9.13 Å². The van der Waals surface area contributed by atoms with Crippen molar-refractivity contribution in [1.29, 1.82) is 0 Å². The molecule has 0 saturated carbocycles. The number of hydrogen-bond acceptors (Lipinski definition) is 0. The predicted octanol–water partition coefficient (Wildman–Crippen LogP) is 0.561. The van der Waals surface area contributed by atoms with Crippen LogP contribution >= 0.6 is 0 Å². The quantitative estimate of drug-likeness (QED) is 0.396. The van der Waals surface area contributed by atoms with Crippen molar-refractivity contribution >= 4 is 15.3 Å². The van der Waals surface area contributed by atoms with Gasteiger partial charge in [0.2, 0.25) is 0 Å². The first-order valence-corrected chi connectivity index (χ1v) is 2.83. The summed E-state index contributed by atoms with van der Waals surface area (Å²) in [5.41, 5.74) is 0. The van der Waals surface area contributed by atoms with Crippen LogP contribution in [0.3, 0.4) is 0 Å². The highest BCUT2D eigenvalue weighted by Crippen LogP contribution is 1.54. The molecule has 4 heavy (non-hydrogen) atoms. The van der Waals surface area contributed by atoms with E-state index in [9.17, 15) is 0 Å². The van der Waals surface area contributed by atoms with Crippen molar-refractivity contribution in [2.75, 3.05) is 0 Å². The number of hydrogen-bond donors (Lipinski definition) is 0. The fourth-order valence-electron chi connectivity index (χ4n) is 0. The lowest BCUT2D eigenvalue weighted by molar-refractivity contribution is 1.48. The van der Waals surface area contributed by atoms with E-state index >= 15 is 0 Å². The fourth-order valence-corrected chi connectivity index (χ4v) is 0. The Balaban J connectivity index is 2.30. The van der Waals surface area contributed by atoms with Crippen LogP contribution in [-0.4, -0.2) is 15.3 Å². The highest BCUT2D eigenvalue weighted by molar-refractivity contribution is 6.40. The Labute approximate surface area is 29.3 Å². The van der Waals surface area contributed by atoms with Gasteiger partial charge in [0, 0.05) is 9.13 Å². The van der Waals surface area contributed by atoms with Crippen molar-refractivity contribution in [3.05, 3.63) is 0 Å². The smallest absolute Gasteiger partial charge is 0.0108 e. The highest BCUT2D eigenvalue weighted by atomic mass is 28.2. The maximum Gasteiger partial charge on any atom is 0.0108 e. The van der Waals surface area contributed by atoms with Crippen LogP contribution in [0.2, 0.25) is 6.04 Å². The molecule has 0 nitrogen and oxygen atoms in total. The third-order valence-corrected chi connectivity index (χ3v) is 0.750.